The largest absolute Gasteiger partial charge is 0.309 e. The van der Waals surface area contributed by atoms with Crippen molar-refractivity contribution in [3.05, 3.63) is 199 Å². The van der Waals surface area contributed by atoms with Gasteiger partial charge in [0.15, 0.2) is 17.5 Å². The second-order valence-corrected chi connectivity index (χ2v) is 14.8. The molecule has 2 aliphatic rings. The van der Waals surface area contributed by atoms with Crippen LogP contribution in [0.4, 0.5) is 0 Å². The quantitative estimate of drug-likeness (QED) is 0.172. The molecule has 56 heavy (non-hydrogen) atoms. The standard InChI is InChI=1S/C52H36N4/c1-4-13-34(14-5-1)37-19-12-20-39(29-37)51-53-50(36-17-8-3-9-18-36)54-52(55-51)40-24-26-44-41(30-40)31-42-32-43(25-28-45(42)44)56-48-22-11-10-21-46(48)47-27-23-38(33-49(47)56)35-15-6-2-7-16-35/h1-6,8-15,17-30,32-33H,7,16,31H2. The summed E-state index contributed by atoms with van der Waals surface area (Å²) < 4.78 is 2.45. The Hall–Kier alpha value is -7.17. The molecule has 0 saturated heterocycles. The van der Waals surface area contributed by atoms with E-state index in [0.29, 0.717) is 17.5 Å². The average Bonchev–Trinajstić information content (AvgIpc) is 3.81. The first-order chi connectivity index (χ1) is 27.7. The number of hydrogen-bond donors (Lipinski definition) is 0. The normalized spacial score (nSPS) is 13.2. The molecule has 4 heteroatoms. The third-order valence-electron chi connectivity index (χ3n) is 11.3. The first-order valence-electron chi connectivity index (χ1n) is 19.4. The smallest absolute Gasteiger partial charge is 0.164 e. The highest BCUT2D eigenvalue weighted by Gasteiger charge is 2.23. The summed E-state index contributed by atoms with van der Waals surface area (Å²) in [5.74, 6) is 1.99. The van der Waals surface area contributed by atoms with Crippen LogP contribution in [0.5, 0.6) is 0 Å². The van der Waals surface area contributed by atoms with Gasteiger partial charge < -0.3 is 4.57 Å². The van der Waals surface area contributed by atoms with Gasteiger partial charge in [-0.05, 0) is 100 Å². The minimum absolute atomic E-state index is 0.658. The predicted octanol–water partition coefficient (Wildman–Crippen LogP) is 12.9. The SMILES string of the molecule is C1=CCCC(c2ccc3c4ccccc4n(-c4ccc5c(c4)Cc4cc(-c6nc(-c7ccccc7)nc(-c7cccc(-c8ccccc8)c7)n6)ccc4-5)c3c2)=C1. The van der Waals surface area contributed by atoms with E-state index in [0.717, 1.165) is 47.1 Å². The number of aromatic nitrogens is 4. The summed E-state index contributed by atoms with van der Waals surface area (Å²) in [5.41, 5.74) is 16.7. The van der Waals surface area contributed by atoms with Crippen LogP contribution in [0, 0.1) is 0 Å². The van der Waals surface area contributed by atoms with Crippen LogP contribution in [0.15, 0.2) is 182 Å². The van der Waals surface area contributed by atoms with E-state index in [1.165, 1.54) is 60.9 Å². The molecular formula is C52H36N4. The molecule has 0 bridgehead atoms. The van der Waals surface area contributed by atoms with Crippen molar-refractivity contribution in [2.45, 2.75) is 19.3 Å². The van der Waals surface area contributed by atoms with E-state index in [1.807, 2.05) is 24.3 Å². The lowest BCUT2D eigenvalue weighted by molar-refractivity contribution is 1.05. The third kappa shape index (κ3) is 5.57. The second kappa shape index (κ2) is 13.3. The third-order valence-corrected chi connectivity index (χ3v) is 11.3. The van der Waals surface area contributed by atoms with E-state index >= 15 is 0 Å². The molecule has 2 aliphatic carbocycles. The van der Waals surface area contributed by atoms with Crippen LogP contribution in [0.1, 0.15) is 29.5 Å². The van der Waals surface area contributed by atoms with Crippen molar-refractivity contribution in [2.75, 3.05) is 0 Å². The number of allylic oxidation sites excluding steroid dienone is 4. The predicted molar refractivity (Wildman–Crippen MR) is 231 cm³/mol. The lowest BCUT2D eigenvalue weighted by atomic mass is 9.96. The van der Waals surface area contributed by atoms with Crippen LogP contribution >= 0.6 is 0 Å². The van der Waals surface area contributed by atoms with Crippen molar-refractivity contribution in [3.8, 4) is 62.1 Å². The van der Waals surface area contributed by atoms with Gasteiger partial charge in [-0.15, -0.1) is 0 Å². The Morgan fingerprint density at radius 3 is 1.84 bits per heavy atom. The summed E-state index contributed by atoms with van der Waals surface area (Å²) in [6.07, 6.45) is 9.71. The fraction of sp³-hybridized carbons (Fsp3) is 0.0577. The minimum atomic E-state index is 0.658. The van der Waals surface area contributed by atoms with Crippen molar-refractivity contribution < 1.29 is 0 Å². The van der Waals surface area contributed by atoms with Crippen molar-refractivity contribution >= 4 is 27.4 Å². The van der Waals surface area contributed by atoms with Crippen molar-refractivity contribution in [3.63, 3.8) is 0 Å². The maximum Gasteiger partial charge on any atom is 0.164 e. The summed E-state index contributed by atoms with van der Waals surface area (Å²) in [6.45, 7) is 0. The zero-order valence-electron chi connectivity index (χ0n) is 30.7. The average molecular weight is 717 g/mol. The van der Waals surface area contributed by atoms with Gasteiger partial charge in [-0.2, -0.15) is 0 Å². The lowest BCUT2D eigenvalue weighted by Crippen LogP contribution is -2.00. The molecule has 0 atom stereocenters. The Labute approximate surface area is 325 Å². The van der Waals surface area contributed by atoms with Gasteiger partial charge in [-0.1, -0.05) is 146 Å². The van der Waals surface area contributed by atoms with Gasteiger partial charge in [0.25, 0.3) is 0 Å². The number of rotatable bonds is 6. The maximum absolute atomic E-state index is 5.12. The maximum atomic E-state index is 5.12. The van der Waals surface area contributed by atoms with Gasteiger partial charge in [-0.25, -0.2) is 15.0 Å². The van der Waals surface area contributed by atoms with Crippen LogP contribution in [0.3, 0.4) is 0 Å². The number of benzene rings is 7. The molecule has 264 valence electrons. The molecule has 0 fully saturated rings. The molecular weight excluding hydrogens is 681 g/mol. The minimum Gasteiger partial charge on any atom is -0.309 e. The van der Waals surface area contributed by atoms with Crippen LogP contribution in [0.25, 0.3) is 89.5 Å². The van der Waals surface area contributed by atoms with E-state index in [2.05, 4.69) is 162 Å². The molecule has 2 heterocycles. The molecule has 7 aromatic carbocycles. The van der Waals surface area contributed by atoms with Crippen molar-refractivity contribution in [1.29, 1.82) is 0 Å². The number of nitrogens with zero attached hydrogens (tertiary/aromatic N) is 4. The Bertz CT molecular complexity index is 3040. The zero-order chi connectivity index (χ0) is 37.0. The summed E-state index contributed by atoms with van der Waals surface area (Å²) in [7, 11) is 0. The number of para-hydroxylation sites is 1. The topological polar surface area (TPSA) is 43.6 Å². The second-order valence-electron chi connectivity index (χ2n) is 14.8. The monoisotopic (exact) mass is 716 g/mol. The Morgan fingerprint density at radius 1 is 0.429 bits per heavy atom. The molecule has 9 aromatic rings. The summed E-state index contributed by atoms with van der Waals surface area (Å²) in [6, 6.07) is 58.5. The van der Waals surface area contributed by atoms with Gasteiger partial charge in [0.05, 0.1) is 11.0 Å². The molecule has 0 aliphatic heterocycles. The molecule has 4 nitrogen and oxygen atoms in total. The van der Waals surface area contributed by atoms with Crippen molar-refractivity contribution in [2.24, 2.45) is 0 Å². The molecule has 0 spiro atoms. The van der Waals surface area contributed by atoms with E-state index in [4.69, 9.17) is 15.0 Å². The first-order valence-corrected chi connectivity index (χ1v) is 19.4. The fourth-order valence-electron chi connectivity index (χ4n) is 8.59. The van der Waals surface area contributed by atoms with Gasteiger partial charge >= 0.3 is 0 Å². The van der Waals surface area contributed by atoms with Gasteiger partial charge in [-0.3, -0.25) is 0 Å². The Kier molecular flexibility index (Phi) is 7.66. The fourth-order valence-corrected chi connectivity index (χ4v) is 8.59. The highest BCUT2D eigenvalue weighted by atomic mass is 15.0. The Balaban J connectivity index is 0.984. The molecule has 0 unspecified atom stereocenters. The van der Waals surface area contributed by atoms with Crippen molar-refractivity contribution in [1.82, 2.24) is 19.5 Å². The van der Waals surface area contributed by atoms with E-state index in [9.17, 15) is 0 Å². The summed E-state index contributed by atoms with van der Waals surface area (Å²) in [4.78, 5) is 15.2. The molecule has 11 rings (SSSR count). The molecule has 0 saturated carbocycles. The number of fused-ring (bicyclic) bond motifs is 6. The highest BCUT2D eigenvalue weighted by molar-refractivity contribution is 6.10. The van der Waals surface area contributed by atoms with Crippen LogP contribution in [-0.2, 0) is 6.42 Å². The van der Waals surface area contributed by atoms with E-state index < -0.39 is 0 Å². The highest BCUT2D eigenvalue weighted by Crippen LogP contribution is 2.42. The van der Waals surface area contributed by atoms with Crippen LogP contribution in [-0.4, -0.2) is 19.5 Å². The zero-order valence-corrected chi connectivity index (χ0v) is 30.7. The van der Waals surface area contributed by atoms with Crippen LogP contribution < -0.4 is 0 Å². The first kappa shape index (κ1) is 32.3. The number of hydrogen-bond acceptors (Lipinski definition) is 3. The molecule has 0 amide bonds. The van der Waals surface area contributed by atoms with E-state index in [1.54, 1.807) is 0 Å². The molecule has 2 aromatic heterocycles. The molecule has 0 radical (unpaired) electrons. The molecule has 0 N–H and O–H groups in total. The lowest BCUT2D eigenvalue weighted by Gasteiger charge is -2.13. The summed E-state index contributed by atoms with van der Waals surface area (Å²) >= 11 is 0. The van der Waals surface area contributed by atoms with Crippen LogP contribution in [0.2, 0.25) is 0 Å². The van der Waals surface area contributed by atoms with E-state index in [-0.39, 0.29) is 0 Å². The van der Waals surface area contributed by atoms with Gasteiger partial charge in [0.1, 0.15) is 0 Å². The van der Waals surface area contributed by atoms with Gasteiger partial charge in [0, 0.05) is 33.2 Å². The Morgan fingerprint density at radius 2 is 1.05 bits per heavy atom. The van der Waals surface area contributed by atoms with Gasteiger partial charge in [0.2, 0.25) is 0 Å². The summed E-state index contributed by atoms with van der Waals surface area (Å²) in [5, 5.41) is 2.56.